The van der Waals surface area contributed by atoms with E-state index in [-0.39, 0.29) is 18.3 Å². The van der Waals surface area contributed by atoms with E-state index in [1.54, 1.807) is 7.11 Å². The van der Waals surface area contributed by atoms with E-state index in [1.165, 1.54) is 0 Å². The van der Waals surface area contributed by atoms with E-state index >= 15 is 0 Å². The molecule has 0 aliphatic carbocycles. The van der Waals surface area contributed by atoms with E-state index in [0.29, 0.717) is 6.10 Å². The molecular formula is C21H32BN3O3. The topological polar surface area (TPSA) is 48.8 Å². The van der Waals surface area contributed by atoms with Crippen LogP contribution in [0.3, 0.4) is 0 Å². The normalized spacial score (nSPS) is 24.5. The minimum atomic E-state index is -0.344. The van der Waals surface area contributed by atoms with Crippen LogP contribution in [0.15, 0.2) is 18.2 Å². The lowest BCUT2D eigenvalue weighted by atomic mass is 9.79. The zero-order valence-corrected chi connectivity index (χ0v) is 18.0. The lowest BCUT2D eigenvalue weighted by Crippen LogP contribution is -2.41. The third-order valence-corrected chi connectivity index (χ3v) is 6.74. The highest BCUT2D eigenvalue weighted by Gasteiger charge is 2.51. The van der Waals surface area contributed by atoms with E-state index < -0.39 is 0 Å². The van der Waals surface area contributed by atoms with E-state index in [9.17, 15) is 0 Å². The van der Waals surface area contributed by atoms with Gasteiger partial charge in [0.05, 0.1) is 28.3 Å². The maximum atomic E-state index is 6.21. The van der Waals surface area contributed by atoms with Gasteiger partial charge < -0.3 is 23.5 Å². The standard InChI is InChI=1S/C21H32BN3O3/c1-20(2)21(3,4)28-22(27-20)15-7-8-17-18(13-15)24(5)19(23-17)10-12-25-11-9-16(14-25)26-6/h7-8,13,16H,9-12,14H2,1-6H3/t16-/m0/s1. The quantitative estimate of drug-likeness (QED) is 0.739. The first kappa shape index (κ1) is 19.9. The minimum Gasteiger partial charge on any atom is -0.399 e. The number of benzene rings is 1. The molecule has 0 spiro atoms. The summed E-state index contributed by atoms with van der Waals surface area (Å²) in [6.07, 6.45) is 2.44. The number of aryl methyl sites for hydroxylation is 1. The third kappa shape index (κ3) is 3.49. The van der Waals surface area contributed by atoms with Gasteiger partial charge >= 0.3 is 7.12 Å². The molecule has 2 saturated heterocycles. The van der Waals surface area contributed by atoms with Crippen molar-refractivity contribution in [2.45, 2.75) is 57.8 Å². The average Bonchev–Trinajstić information content (AvgIpc) is 3.28. The predicted octanol–water partition coefficient (Wildman–Crippen LogP) is 2.14. The Morgan fingerprint density at radius 2 is 1.93 bits per heavy atom. The Morgan fingerprint density at radius 1 is 1.21 bits per heavy atom. The van der Waals surface area contributed by atoms with E-state index in [2.05, 4.69) is 62.4 Å². The Hall–Kier alpha value is -1.41. The number of aromatic nitrogens is 2. The number of rotatable bonds is 5. The van der Waals surface area contributed by atoms with Crippen LogP contribution in [0.2, 0.25) is 0 Å². The molecule has 0 radical (unpaired) electrons. The molecule has 152 valence electrons. The van der Waals surface area contributed by atoms with Gasteiger partial charge in [-0.25, -0.2) is 4.98 Å². The van der Waals surface area contributed by atoms with Gasteiger partial charge in [0, 0.05) is 40.2 Å². The van der Waals surface area contributed by atoms with Crippen molar-refractivity contribution in [3.8, 4) is 0 Å². The molecule has 2 aromatic rings. The van der Waals surface area contributed by atoms with Crippen LogP contribution in [0.1, 0.15) is 39.9 Å². The van der Waals surface area contributed by atoms with Gasteiger partial charge in [0.25, 0.3) is 0 Å². The van der Waals surface area contributed by atoms with Crippen molar-refractivity contribution in [1.29, 1.82) is 0 Å². The lowest BCUT2D eigenvalue weighted by Gasteiger charge is -2.32. The van der Waals surface area contributed by atoms with Crippen molar-refractivity contribution in [3.63, 3.8) is 0 Å². The molecule has 1 atom stereocenters. The zero-order valence-electron chi connectivity index (χ0n) is 18.0. The number of likely N-dealkylation sites (tertiary alicyclic amines) is 1. The molecule has 2 fully saturated rings. The van der Waals surface area contributed by atoms with Gasteiger partial charge in [0.15, 0.2) is 0 Å². The summed E-state index contributed by atoms with van der Waals surface area (Å²) in [4.78, 5) is 7.32. The number of ether oxygens (including phenoxy) is 1. The van der Waals surface area contributed by atoms with Gasteiger partial charge in [-0.3, -0.25) is 0 Å². The van der Waals surface area contributed by atoms with E-state index in [0.717, 1.165) is 54.8 Å². The van der Waals surface area contributed by atoms with Crippen LogP contribution in [-0.4, -0.2) is 65.6 Å². The molecule has 0 amide bonds. The smallest absolute Gasteiger partial charge is 0.399 e. The SMILES string of the molecule is CO[C@H]1CCN(CCc2nc3ccc(B4OC(C)(C)C(C)(C)O4)cc3n2C)C1. The summed E-state index contributed by atoms with van der Waals surface area (Å²) in [6, 6.07) is 6.31. The van der Waals surface area contributed by atoms with Crippen LogP contribution in [0, 0.1) is 0 Å². The first-order valence-corrected chi connectivity index (χ1v) is 10.3. The molecule has 7 heteroatoms. The van der Waals surface area contributed by atoms with Gasteiger partial charge in [0.2, 0.25) is 0 Å². The summed E-state index contributed by atoms with van der Waals surface area (Å²) >= 11 is 0. The molecular weight excluding hydrogens is 353 g/mol. The number of hydrogen-bond donors (Lipinski definition) is 0. The highest BCUT2D eigenvalue weighted by atomic mass is 16.7. The fourth-order valence-corrected chi connectivity index (χ4v) is 4.06. The molecule has 28 heavy (non-hydrogen) atoms. The van der Waals surface area contributed by atoms with Crippen LogP contribution in [-0.2, 0) is 27.5 Å². The van der Waals surface area contributed by atoms with Crippen molar-refractivity contribution in [2.24, 2.45) is 7.05 Å². The first-order chi connectivity index (χ1) is 13.2. The van der Waals surface area contributed by atoms with Crippen LogP contribution >= 0.6 is 0 Å². The molecule has 1 aromatic carbocycles. The van der Waals surface area contributed by atoms with Crippen molar-refractivity contribution >= 4 is 23.6 Å². The Kier molecular flexibility index (Phi) is 5.07. The number of fused-ring (bicyclic) bond motifs is 1. The van der Waals surface area contributed by atoms with E-state index in [4.69, 9.17) is 19.0 Å². The maximum Gasteiger partial charge on any atom is 0.494 e. The summed E-state index contributed by atoms with van der Waals surface area (Å²) in [5.41, 5.74) is 2.52. The molecule has 6 nitrogen and oxygen atoms in total. The van der Waals surface area contributed by atoms with Crippen LogP contribution in [0.4, 0.5) is 0 Å². The van der Waals surface area contributed by atoms with Crippen LogP contribution < -0.4 is 5.46 Å². The molecule has 2 aliphatic heterocycles. The van der Waals surface area contributed by atoms with Crippen molar-refractivity contribution in [1.82, 2.24) is 14.5 Å². The number of hydrogen-bond acceptors (Lipinski definition) is 5. The van der Waals surface area contributed by atoms with Gasteiger partial charge in [-0.1, -0.05) is 6.07 Å². The molecule has 2 aliphatic rings. The Labute approximate surface area is 168 Å². The van der Waals surface area contributed by atoms with E-state index in [1.807, 2.05) is 0 Å². The number of nitrogens with zero attached hydrogens (tertiary/aromatic N) is 3. The third-order valence-electron chi connectivity index (χ3n) is 6.74. The van der Waals surface area contributed by atoms with Crippen molar-refractivity contribution < 1.29 is 14.0 Å². The predicted molar refractivity (Wildman–Crippen MR) is 112 cm³/mol. The molecule has 0 unspecified atom stereocenters. The molecule has 1 aromatic heterocycles. The largest absolute Gasteiger partial charge is 0.494 e. The second-order valence-electron chi connectivity index (χ2n) is 9.12. The van der Waals surface area contributed by atoms with Gasteiger partial charge in [-0.2, -0.15) is 0 Å². The summed E-state index contributed by atoms with van der Waals surface area (Å²) in [7, 11) is 3.56. The van der Waals surface area contributed by atoms with Crippen LogP contribution in [0.25, 0.3) is 11.0 Å². The molecule has 3 heterocycles. The second-order valence-corrected chi connectivity index (χ2v) is 9.12. The van der Waals surface area contributed by atoms with Gasteiger partial charge in [-0.05, 0) is 51.7 Å². The van der Waals surface area contributed by atoms with Crippen molar-refractivity contribution in [2.75, 3.05) is 26.7 Å². The Morgan fingerprint density at radius 3 is 2.57 bits per heavy atom. The molecule has 0 N–H and O–H groups in total. The summed E-state index contributed by atoms with van der Waals surface area (Å²) in [5.74, 6) is 1.11. The maximum absolute atomic E-state index is 6.21. The molecule has 0 saturated carbocycles. The Bertz CT molecular complexity index is 848. The monoisotopic (exact) mass is 385 g/mol. The van der Waals surface area contributed by atoms with Crippen LogP contribution in [0.5, 0.6) is 0 Å². The zero-order chi connectivity index (χ0) is 20.1. The number of imidazole rings is 1. The second kappa shape index (κ2) is 7.13. The minimum absolute atomic E-state index is 0.333. The fraction of sp³-hybridized carbons (Fsp3) is 0.667. The number of methoxy groups -OCH3 is 1. The van der Waals surface area contributed by atoms with Crippen molar-refractivity contribution in [3.05, 3.63) is 24.0 Å². The highest BCUT2D eigenvalue weighted by molar-refractivity contribution is 6.62. The highest BCUT2D eigenvalue weighted by Crippen LogP contribution is 2.36. The summed E-state index contributed by atoms with van der Waals surface area (Å²) in [6.45, 7) is 11.5. The molecule has 0 bridgehead atoms. The summed E-state index contributed by atoms with van der Waals surface area (Å²) < 4.78 is 20.1. The summed E-state index contributed by atoms with van der Waals surface area (Å²) in [5, 5.41) is 0. The Balaban J connectivity index is 1.51. The fourth-order valence-electron chi connectivity index (χ4n) is 4.06. The average molecular weight is 385 g/mol. The first-order valence-electron chi connectivity index (χ1n) is 10.3. The molecule has 4 rings (SSSR count). The lowest BCUT2D eigenvalue weighted by molar-refractivity contribution is 0.00578. The van der Waals surface area contributed by atoms with Gasteiger partial charge in [0.1, 0.15) is 5.82 Å². The van der Waals surface area contributed by atoms with Gasteiger partial charge in [-0.15, -0.1) is 0 Å².